The van der Waals surface area contributed by atoms with E-state index in [1.165, 1.54) is 51.7 Å². The summed E-state index contributed by atoms with van der Waals surface area (Å²) in [6.07, 6.45) is 6.75. The summed E-state index contributed by atoms with van der Waals surface area (Å²) < 4.78 is 0. The minimum atomic E-state index is 0.494. The van der Waals surface area contributed by atoms with E-state index >= 15 is 0 Å². The summed E-state index contributed by atoms with van der Waals surface area (Å²) in [7, 11) is 0. The Kier molecular flexibility index (Phi) is 6.50. The smallest absolute Gasteiger partial charge is 0.00966 e. The van der Waals surface area contributed by atoms with E-state index in [0.717, 1.165) is 12.6 Å². The maximum Gasteiger partial charge on any atom is 0.00966 e. The van der Waals surface area contributed by atoms with Gasteiger partial charge in [-0.1, -0.05) is 27.7 Å². The van der Waals surface area contributed by atoms with Crippen LogP contribution in [0.1, 0.15) is 59.8 Å². The number of nitrogens with zero attached hydrogens (tertiary/aromatic N) is 1. The van der Waals surface area contributed by atoms with Crippen LogP contribution in [0.2, 0.25) is 0 Å². The molecule has 1 fully saturated rings. The molecule has 2 nitrogen and oxygen atoms in total. The van der Waals surface area contributed by atoms with Crippen LogP contribution >= 0.6 is 0 Å². The molecular formula is C15H32N2. The van der Waals surface area contributed by atoms with Crippen molar-refractivity contribution in [3.8, 4) is 0 Å². The van der Waals surface area contributed by atoms with E-state index in [-0.39, 0.29) is 0 Å². The maximum atomic E-state index is 3.57. The van der Waals surface area contributed by atoms with Crippen molar-refractivity contribution in [1.82, 2.24) is 10.2 Å². The fraction of sp³-hybridized carbons (Fsp3) is 1.00. The molecule has 102 valence electrons. The van der Waals surface area contributed by atoms with Gasteiger partial charge in [-0.25, -0.2) is 0 Å². The van der Waals surface area contributed by atoms with Gasteiger partial charge in [-0.2, -0.15) is 0 Å². The lowest BCUT2D eigenvalue weighted by atomic mass is 9.81. The van der Waals surface area contributed by atoms with Crippen LogP contribution in [-0.4, -0.2) is 37.1 Å². The third-order valence-electron chi connectivity index (χ3n) is 4.36. The van der Waals surface area contributed by atoms with E-state index in [1.54, 1.807) is 0 Å². The molecule has 0 aromatic heterocycles. The van der Waals surface area contributed by atoms with Crippen LogP contribution in [0.4, 0.5) is 0 Å². The average molecular weight is 240 g/mol. The third kappa shape index (κ3) is 4.59. The highest BCUT2D eigenvalue weighted by Crippen LogP contribution is 2.33. The Morgan fingerprint density at radius 1 is 1.12 bits per heavy atom. The molecule has 1 aliphatic carbocycles. The Balaban J connectivity index is 2.55. The Labute approximate surface area is 108 Å². The molecule has 0 atom stereocenters. The lowest BCUT2D eigenvalue weighted by Gasteiger charge is -2.37. The Morgan fingerprint density at radius 3 is 2.18 bits per heavy atom. The Bertz CT molecular complexity index is 195. The van der Waals surface area contributed by atoms with Crippen LogP contribution in [0.15, 0.2) is 0 Å². The third-order valence-corrected chi connectivity index (χ3v) is 4.36. The van der Waals surface area contributed by atoms with Gasteiger partial charge in [0.05, 0.1) is 0 Å². The van der Waals surface area contributed by atoms with Gasteiger partial charge in [0.1, 0.15) is 0 Å². The van der Waals surface area contributed by atoms with Crippen molar-refractivity contribution in [1.29, 1.82) is 0 Å². The van der Waals surface area contributed by atoms with Crippen LogP contribution in [0.3, 0.4) is 0 Å². The second-order valence-electron chi connectivity index (χ2n) is 5.69. The molecule has 17 heavy (non-hydrogen) atoms. The van der Waals surface area contributed by atoms with Crippen molar-refractivity contribution >= 4 is 0 Å². The lowest BCUT2D eigenvalue weighted by Crippen LogP contribution is -2.44. The van der Waals surface area contributed by atoms with Crippen molar-refractivity contribution in [2.24, 2.45) is 5.41 Å². The van der Waals surface area contributed by atoms with Crippen molar-refractivity contribution in [2.75, 3.05) is 26.2 Å². The van der Waals surface area contributed by atoms with Crippen molar-refractivity contribution in [2.45, 2.75) is 65.8 Å². The first-order valence-electron chi connectivity index (χ1n) is 7.66. The second-order valence-corrected chi connectivity index (χ2v) is 5.69. The standard InChI is InChI=1S/C15H32N2/c1-5-11-17(14-9-10-14)13-15(6-2,7-3)12-16-8-4/h14,16H,5-13H2,1-4H3. The SMILES string of the molecule is CCCN(CC(CC)(CC)CNCC)C1CC1. The van der Waals surface area contributed by atoms with Gasteiger partial charge in [0.25, 0.3) is 0 Å². The monoisotopic (exact) mass is 240 g/mol. The zero-order chi connectivity index (χ0) is 12.7. The predicted octanol–water partition coefficient (Wildman–Crippen LogP) is 3.28. The quantitative estimate of drug-likeness (QED) is 0.630. The van der Waals surface area contributed by atoms with Gasteiger partial charge in [-0.15, -0.1) is 0 Å². The maximum absolute atomic E-state index is 3.57. The summed E-state index contributed by atoms with van der Waals surface area (Å²) in [6, 6.07) is 0.911. The molecule has 0 spiro atoms. The first kappa shape index (κ1) is 15.0. The minimum Gasteiger partial charge on any atom is -0.316 e. The molecule has 0 aromatic carbocycles. The summed E-state index contributed by atoms with van der Waals surface area (Å²) in [5.74, 6) is 0. The Hall–Kier alpha value is -0.0800. The van der Waals surface area contributed by atoms with E-state index in [1.807, 2.05) is 0 Å². The van der Waals surface area contributed by atoms with Gasteiger partial charge in [0.15, 0.2) is 0 Å². The molecule has 0 unspecified atom stereocenters. The molecular weight excluding hydrogens is 208 g/mol. The first-order chi connectivity index (χ1) is 8.21. The number of hydrogen-bond acceptors (Lipinski definition) is 2. The Morgan fingerprint density at radius 2 is 1.76 bits per heavy atom. The van der Waals surface area contributed by atoms with Crippen molar-refractivity contribution in [3.05, 3.63) is 0 Å². The zero-order valence-electron chi connectivity index (χ0n) is 12.4. The van der Waals surface area contributed by atoms with Crippen LogP contribution in [0.5, 0.6) is 0 Å². The zero-order valence-corrected chi connectivity index (χ0v) is 12.4. The highest BCUT2D eigenvalue weighted by atomic mass is 15.2. The fourth-order valence-corrected chi connectivity index (χ4v) is 2.72. The number of rotatable bonds is 10. The van der Waals surface area contributed by atoms with Gasteiger partial charge in [0, 0.05) is 19.1 Å². The van der Waals surface area contributed by atoms with E-state index < -0.39 is 0 Å². The van der Waals surface area contributed by atoms with E-state index in [4.69, 9.17) is 0 Å². The molecule has 0 bridgehead atoms. The van der Waals surface area contributed by atoms with Crippen LogP contribution in [0.25, 0.3) is 0 Å². The fourth-order valence-electron chi connectivity index (χ4n) is 2.72. The largest absolute Gasteiger partial charge is 0.316 e. The first-order valence-corrected chi connectivity index (χ1v) is 7.66. The molecule has 0 heterocycles. The second kappa shape index (κ2) is 7.38. The van der Waals surface area contributed by atoms with Gasteiger partial charge in [0.2, 0.25) is 0 Å². The van der Waals surface area contributed by atoms with Gasteiger partial charge >= 0.3 is 0 Å². The van der Waals surface area contributed by atoms with Crippen LogP contribution in [0, 0.1) is 5.41 Å². The number of hydrogen-bond donors (Lipinski definition) is 1. The molecule has 1 saturated carbocycles. The summed E-state index contributed by atoms with van der Waals surface area (Å²) in [4.78, 5) is 2.75. The van der Waals surface area contributed by atoms with Crippen LogP contribution in [-0.2, 0) is 0 Å². The molecule has 1 aliphatic rings. The molecule has 1 rings (SSSR count). The summed E-state index contributed by atoms with van der Waals surface area (Å²) in [6.45, 7) is 14.1. The topological polar surface area (TPSA) is 15.3 Å². The molecule has 0 aromatic rings. The van der Waals surface area contributed by atoms with Crippen molar-refractivity contribution < 1.29 is 0 Å². The van der Waals surface area contributed by atoms with Crippen molar-refractivity contribution in [3.63, 3.8) is 0 Å². The van der Waals surface area contributed by atoms with Gasteiger partial charge < -0.3 is 5.32 Å². The molecule has 2 heteroatoms. The average Bonchev–Trinajstić information content (AvgIpc) is 3.18. The summed E-state index contributed by atoms with van der Waals surface area (Å²) in [5.41, 5.74) is 0.494. The van der Waals surface area contributed by atoms with E-state index in [2.05, 4.69) is 37.9 Å². The molecule has 0 aliphatic heterocycles. The highest BCUT2D eigenvalue weighted by Gasteiger charge is 2.35. The van der Waals surface area contributed by atoms with Gasteiger partial charge in [-0.3, -0.25) is 4.90 Å². The normalized spacial score (nSPS) is 16.8. The summed E-state index contributed by atoms with van der Waals surface area (Å²) >= 11 is 0. The predicted molar refractivity (Wildman–Crippen MR) is 76.4 cm³/mol. The number of nitrogens with one attached hydrogen (secondary N) is 1. The molecule has 0 radical (unpaired) electrons. The highest BCUT2D eigenvalue weighted by molar-refractivity contribution is 4.90. The summed E-state index contributed by atoms with van der Waals surface area (Å²) in [5, 5.41) is 3.57. The molecule has 0 saturated heterocycles. The lowest BCUT2D eigenvalue weighted by molar-refractivity contribution is 0.128. The molecule has 1 N–H and O–H groups in total. The van der Waals surface area contributed by atoms with E-state index in [0.29, 0.717) is 5.41 Å². The van der Waals surface area contributed by atoms with Gasteiger partial charge in [-0.05, 0) is 50.6 Å². The molecule has 0 amide bonds. The van der Waals surface area contributed by atoms with Crippen LogP contribution < -0.4 is 5.32 Å². The minimum absolute atomic E-state index is 0.494. The van der Waals surface area contributed by atoms with E-state index in [9.17, 15) is 0 Å².